The highest BCUT2D eigenvalue weighted by molar-refractivity contribution is 5.84. The highest BCUT2D eigenvalue weighted by Gasteiger charge is 2.38. The SMILES string of the molecule is CC1CC(CN)CN1C(=O)C(c1ccccc1)N1CCN(C)CC1. The van der Waals surface area contributed by atoms with Gasteiger partial charge in [-0.05, 0) is 38.4 Å². The molecule has 1 aromatic carbocycles. The van der Waals surface area contributed by atoms with Crippen molar-refractivity contribution in [1.82, 2.24) is 14.7 Å². The third kappa shape index (κ3) is 3.63. The molecule has 2 saturated heterocycles. The van der Waals surface area contributed by atoms with Crippen molar-refractivity contribution in [3.8, 4) is 0 Å². The number of amides is 1. The molecular formula is C19H30N4O. The zero-order chi connectivity index (χ0) is 17.1. The lowest BCUT2D eigenvalue weighted by molar-refractivity contribution is -0.138. The largest absolute Gasteiger partial charge is 0.338 e. The van der Waals surface area contributed by atoms with E-state index in [1.54, 1.807) is 0 Å². The second-order valence-corrected chi connectivity index (χ2v) is 7.33. The van der Waals surface area contributed by atoms with Crippen LogP contribution in [-0.2, 0) is 4.79 Å². The number of nitrogens with zero attached hydrogens (tertiary/aromatic N) is 3. The number of nitrogens with two attached hydrogens (primary N) is 1. The van der Waals surface area contributed by atoms with Crippen molar-refractivity contribution in [2.75, 3.05) is 46.3 Å². The molecule has 0 radical (unpaired) electrons. The van der Waals surface area contributed by atoms with Crippen molar-refractivity contribution >= 4 is 5.91 Å². The minimum atomic E-state index is -0.168. The molecule has 2 aliphatic heterocycles. The first-order chi connectivity index (χ1) is 11.6. The molecule has 24 heavy (non-hydrogen) atoms. The average Bonchev–Trinajstić information content (AvgIpc) is 2.99. The maximum Gasteiger partial charge on any atom is 0.244 e. The highest BCUT2D eigenvalue weighted by atomic mass is 16.2. The van der Waals surface area contributed by atoms with E-state index in [0.717, 1.165) is 44.7 Å². The van der Waals surface area contributed by atoms with Gasteiger partial charge in [0.05, 0.1) is 0 Å². The van der Waals surface area contributed by atoms with Crippen LogP contribution in [-0.4, -0.2) is 73.0 Å². The van der Waals surface area contributed by atoms with Crippen LogP contribution in [0.4, 0.5) is 0 Å². The molecule has 3 unspecified atom stereocenters. The summed E-state index contributed by atoms with van der Waals surface area (Å²) in [7, 11) is 2.14. The molecule has 3 atom stereocenters. The molecule has 2 N–H and O–H groups in total. The Kier molecular flexibility index (Phi) is 5.54. The Hall–Kier alpha value is -1.43. The van der Waals surface area contributed by atoms with Crippen LogP contribution in [0.2, 0.25) is 0 Å². The van der Waals surface area contributed by atoms with Crippen molar-refractivity contribution in [1.29, 1.82) is 0 Å². The zero-order valence-electron chi connectivity index (χ0n) is 14.9. The summed E-state index contributed by atoms with van der Waals surface area (Å²) in [6, 6.07) is 10.4. The van der Waals surface area contributed by atoms with Gasteiger partial charge in [-0.3, -0.25) is 9.69 Å². The van der Waals surface area contributed by atoms with Crippen LogP contribution in [0.3, 0.4) is 0 Å². The minimum absolute atomic E-state index is 0.168. The van der Waals surface area contributed by atoms with E-state index in [0.29, 0.717) is 12.5 Å². The second-order valence-electron chi connectivity index (χ2n) is 7.33. The van der Waals surface area contributed by atoms with Crippen molar-refractivity contribution < 1.29 is 4.79 Å². The van der Waals surface area contributed by atoms with Crippen LogP contribution >= 0.6 is 0 Å². The number of rotatable bonds is 4. The van der Waals surface area contributed by atoms with Gasteiger partial charge in [0.25, 0.3) is 0 Å². The molecular weight excluding hydrogens is 300 g/mol. The van der Waals surface area contributed by atoms with Gasteiger partial charge in [-0.15, -0.1) is 0 Å². The fourth-order valence-electron chi connectivity index (χ4n) is 4.00. The Morgan fingerprint density at radius 2 is 1.88 bits per heavy atom. The van der Waals surface area contributed by atoms with Gasteiger partial charge in [-0.2, -0.15) is 0 Å². The monoisotopic (exact) mass is 330 g/mol. The number of benzene rings is 1. The van der Waals surface area contributed by atoms with Gasteiger partial charge in [0.15, 0.2) is 0 Å². The summed E-state index contributed by atoms with van der Waals surface area (Å²) < 4.78 is 0. The van der Waals surface area contributed by atoms with Crippen LogP contribution in [0, 0.1) is 5.92 Å². The number of carbonyl (C=O) groups is 1. The van der Waals surface area contributed by atoms with E-state index in [1.165, 1.54) is 0 Å². The predicted octanol–water partition coefficient (Wildman–Crippen LogP) is 1.17. The normalized spacial score (nSPS) is 27.4. The number of piperazine rings is 1. The molecule has 5 nitrogen and oxygen atoms in total. The van der Waals surface area contributed by atoms with Gasteiger partial charge in [-0.25, -0.2) is 0 Å². The number of hydrogen-bond acceptors (Lipinski definition) is 4. The molecule has 1 aromatic rings. The molecule has 0 bridgehead atoms. The van der Waals surface area contributed by atoms with Gasteiger partial charge in [-0.1, -0.05) is 30.3 Å². The topological polar surface area (TPSA) is 52.8 Å². The summed E-state index contributed by atoms with van der Waals surface area (Å²) in [5, 5.41) is 0. The summed E-state index contributed by atoms with van der Waals surface area (Å²) in [4.78, 5) is 20.2. The number of likely N-dealkylation sites (tertiary alicyclic amines) is 1. The minimum Gasteiger partial charge on any atom is -0.338 e. The van der Waals surface area contributed by atoms with E-state index in [-0.39, 0.29) is 18.0 Å². The molecule has 0 saturated carbocycles. The Labute approximate surface area is 145 Å². The Morgan fingerprint density at radius 3 is 2.46 bits per heavy atom. The van der Waals surface area contributed by atoms with E-state index in [2.05, 4.69) is 40.8 Å². The third-order valence-electron chi connectivity index (χ3n) is 5.53. The third-order valence-corrected chi connectivity index (χ3v) is 5.53. The molecule has 2 fully saturated rings. The molecule has 0 aromatic heterocycles. The molecule has 5 heteroatoms. The van der Waals surface area contributed by atoms with Crippen molar-refractivity contribution in [3.05, 3.63) is 35.9 Å². The summed E-state index contributed by atoms with van der Waals surface area (Å²) in [5.74, 6) is 0.682. The summed E-state index contributed by atoms with van der Waals surface area (Å²) >= 11 is 0. The Balaban J connectivity index is 1.83. The van der Waals surface area contributed by atoms with Crippen LogP contribution in [0.15, 0.2) is 30.3 Å². The highest BCUT2D eigenvalue weighted by Crippen LogP contribution is 2.30. The molecule has 132 valence electrons. The summed E-state index contributed by atoms with van der Waals surface area (Å²) in [6.45, 7) is 7.51. The quantitative estimate of drug-likeness (QED) is 0.900. The van der Waals surface area contributed by atoms with Gasteiger partial charge in [0.2, 0.25) is 5.91 Å². The summed E-state index contributed by atoms with van der Waals surface area (Å²) in [6.07, 6.45) is 1.02. The van der Waals surface area contributed by atoms with Crippen LogP contribution in [0.1, 0.15) is 24.9 Å². The number of hydrogen-bond donors (Lipinski definition) is 1. The molecule has 2 heterocycles. The standard InChI is InChI=1S/C19H30N4O/c1-15-12-16(13-20)14-23(15)19(24)18(17-6-4-3-5-7-17)22-10-8-21(2)9-11-22/h3-7,15-16,18H,8-14,20H2,1-2H3. The molecule has 3 rings (SSSR count). The van der Waals surface area contributed by atoms with E-state index < -0.39 is 0 Å². The lowest BCUT2D eigenvalue weighted by Crippen LogP contribution is -2.51. The van der Waals surface area contributed by atoms with Crippen LogP contribution in [0.5, 0.6) is 0 Å². The molecule has 1 amide bonds. The number of carbonyl (C=O) groups excluding carboxylic acids is 1. The average molecular weight is 330 g/mol. The fraction of sp³-hybridized carbons (Fsp3) is 0.632. The molecule has 0 spiro atoms. The maximum absolute atomic E-state index is 13.4. The van der Waals surface area contributed by atoms with Crippen LogP contribution < -0.4 is 5.73 Å². The maximum atomic E-state index is 13.4. The first-order valence-electron chi connectivity index (χ1n) is 9.08. The predicted molar refractivity (Wildman–Crippen MR) is 96.6 cm³/mol. The number of likely N-dealkylation sites (N-methyl/N-ethyl adjacent to an activating group) is 1. The first-order valence-corrected chi connectivity index (χ1v) is 9.08. The van der Waals surface area contributed by atoms with Crippen molar-refractivity contribution in [2.24, 2.45) is 11.7 Å². The van der Waals surface area contributed by atoms with E-state index >= 15 is 0 Å². The zero-order valence-corrected chi connectivity index (χ0v) is 14.9. The Bertz CT molecular complexity index is 542. The second kappa shape index (κ2) is 7.64. The van der Waals surface area contributed by atoms with Gasteiger partial charge in [0, 0.05) is 38.8 Å². The van der Waals surface area contributed by atoms with Gasteiger partial charge in [0.1, 0.15) is 6.04 Å². The fourth-order valence-corrected chi connectivity index (χ4v) is 4.00. The molecule has 2 aliphatic rings. The smallest absolute Gasteiger partial charge is 0.244 e. The van der Waals surface area contributed by atoms with Crippen molar-refractivity contribution in [2.45, 2.75) is 25.4 Å². The first kappa shape index (κ1) is 17.4. The lowest BCUT2D eigenvalue weighted by Gasteiger charge is -2.39. The van der Waals surface area contributed by atoms with E-state index in [9.17, 15) is 4.79 Å². The lowest BCUT2D eigenvalue weighted by atomic mass is 10.0. The summed E-state index contributed by atoms with van der Waals surface area (Å²) in [5.41, 5.74) is 6.96. The van der Waals surface area contributed by atoms with E-state index in [4.69, 9.17) is 5.73 Å². The van der Waals surface area contributed by atoms with Gasteiger partial charge < -0.3 is 15.5 Å². The van der Waals surface area contributed by atoms with Crippen LogP contribution in [0.25, 0.3) is 0 Å². The Morgan fingerprint density at radius 1 is 1.21 bits per heavy atom. The molecule has 0 aliphatic carbocycles. The van der Waals surface area contributed by atoms with Crippen molar-refractivity contribution in [3.63, 3.8) is 0 Å². The van der Waals surface area contributed by atoms with Gasteiger partial charge >= 0.3 is 0 Å². The van der Waals surface area contributed by atoms with E-state index in [1.807, 2.05) is 18.2 Å².